The molecule has 23 heavy (non-hydrogen) atoms. The second-order valence-corrected chi connectivity index (χ2v) is 6.65. The van der Waals surface area contributed by atoms with Gasteiger partial charge in [0.1, 0.15) is 11.4 Å². The Labute approximate surface area is 142 Å². The van der Waals surface area contributed by atoms with Crippen LogP contribution < -0.4 is 5.56 Å². The van der Waals surface area contributed by atoms with Crippen LogP contribution in [0.25, 0.3) is 21.6 Å². The van der Waals surface area contributed by atoms with E-state index in [9.17, 15) is 4.79 Å². The van der Waals surface area contributed by atoms with Crippen LogP contribution in [-0.2, 0) is 6.54 Å². The van der Waals surface area contributed by atoms with Crippen LogP contribution in [0.15, 0.2) is 55.8 Å². The molecule has 0 amide bonds. The molecule has 4 aromatic rings. The molecule has 0 fully saturated rings. The maximum atomic E-state index is 12.3. The average Bonchev–Trinajstić information content (AvgIpc) is 3.20. The van der Waals surface area contributed by atoms with Crippen LogP contribution in [0.3, 0.4) is 0 Å². The van der Waals surface area contributed by atoms with Crippen molar-refractivity contribution in [1.82, 2.24) is 19.7 Å². The summed E-state index contributed by atoms with van der Waals surface area (Å²) in [5.74, 6) is 0.845. The van der Waals surface area contributed by atoms with E-state index in [1.807, 2.05) is 29.6 Å². The van der Waals surface area contributed by atoms with Crippen LogP contribution in [0, 0.1) is 0 Å². The van der Waals surface area contributed by atoms with Crippen LogP contribution in [0.1, 0.15) is 5.89 Å². The third-order valence-corrected chi connectivity index (χ3v) is 4.62. The summed E-state index contributed by atoms with van der Waals surface area (Å²) in [5, 5.41) is 6.41. The van der Waals surface area contributed by atoms with Gasteiger partial charge in [-0.3, -0.25) is 9.36 Å². The Bertz CT molecular complexity index is 1050. The monoisotopic (exact) mass is 388 g/mol. The molecule has 114 valence electrons. The Morgan fingerprint density at radius 3 is 3.09 bits per heavy atom. The first-order valence-corrected chi connectivity index (χ1v) is 8.39. The largest absolute Gasteiger partial charge is 0.337 e. The zero-order valence-corrected chi connectivity index (χ0v) is 14.0. The normalized spacial score (nSPS) is 11.2. The number of nitrogens with zero attached hydrogens (tertiary/aromatic N) is 4. The highest BCUT2D eigenvalue weighted by Gasteiger charge is 2.12. The summed E-state index contributed by atoms with van der Waals surface area (Å²) in [6.45, 7) is 0.193. The van der Waals surface area contributed by atoms with Crippen molar-refractivity contribution in [1.29, 1.82) is 0 Å². The molecule has 8 heteroatoms. The molecule has 0 saturated heterocycles. The number of fused-ring (bicyclic) bond motifs is 1. The van der Waals surface area contributed by atoms with Gasteiger partial charge in [0.05, 0.1) is 11.7 Å². The van der Waals surface area contributed by atoms with Crippen LogP contribution >= 0.6 is 27.3 Å². The molecule has 0 aliphatic rings. The van der Waals surface area contributed by atoms with E-state index in [-0.39, 0.29) is 12.1 Å². The molecular weight excluding hydrogens is 380 g/mol. The topological polar surface area (TPSA) is 73.8 Å². The van der Waals surface area contributed by atoms with Gasteiger partial charge < -0.3 is 4.52 Å². The Balaban J connectivity index is 1.66. The first-order valence-electron chi connectivity index (χ1n) is 6.72. The van der Waals surface area contributed by atoms with E-state index in [4.69, 9.17) is 4.52 Å². The minimum atomic E-state index is -0.113. The number of hydrogen-bond donors (Lipinski definition) is 0. The molecule has 4 rings (SSSR count). The Morgan fingerprint density at radius 2 is 2.22 bits per heavy atom. The Kier molecular flexibility index (Phi) is 3.55. The molecule has 0 saturated carbocycles. The van der Waals surface area contributed by atoms with E-state index in [1.165, 1.54) is 22.2 Å². The molecule has 0 atom stereocenters. The van der Waals surface area contributed by atoms with Crippen LogP contribution in [0.2, 0.25) is 0 Å². The average molecular weight is 389 g/mol. The van der Waals surface area contributed by atoms with Gasteiger partial charge >= 0.3 is 0 Å². The van der Waals surface area contributed by atoms with E-state index < -0.39 is 0 Å². The summed E-state index contributed by atoms with van der Waals surface area (Å²) < 4.78 is 7.65. The lowest BCUT2D eigenvalue weighted by atomic mass is 10.2. The highest BCUT2D eigenvalue weighted by molar-refractivity contribution is 9.10. The first-order chi connectivity index (χ1) is 11.2. The zero-order chi connectivity index (χ0) is 15.8. The predicted molar refractivity (Wildman–Crippen MR) is 90.4 cm³/mol. The van der Waals surface area contributed by atoms with E-state index in [1.54, 1.807) is 6.07 Å². The molecular formula is C15H9BrN4O2S. The van der Waals surface area contributed by atoms with Crippen molar-refractivity contribution < 1.29 is 4.52 Å². The lowest BCUT2D eigenvalue weighted by Gasteiger charge is -2.00. The molecule has 0 spiro atoms. The number of hydrogen-bond acceptors (Lipinski definition) is 6. The van der Waals surface area contributed by atoms with E-state index in [0.717, 1.165) is 14.9 Å². The Hall–Kier alpha value is -2.32. The molecule has 0 aliphatic heterocycles. The lowest BCUT2D eigenvalue weighted by molar-refractivity contribution is 0.369. The van der Waals surface area contributed by atoms with Gasteiger partial charge in [0.15, 0.2) is 0 Å². The fourth-order valence-electron chi connectivity index (χ4n) is 2.22. The molecule has 1 aromatic carbocycles. The minimum absolute atomic E-state index is 0.113. The van der Waals surface area contributed by atoms with Gasteiger partial charge in [-0.25, -0.2) is 4.98 Å². The van der Waals surface area contributed by atoms with Crippen molar-refractivity contribution in [3.63, 3.8) is 0 Å². The number of thiophene rings is 1. The number of aromatic nitrogens is 4. The summed E-state index contributed by atoms with van der Waals surface area (Å²) in [5.41, 5.74) is 0.728. The SMILES string of the molecule is O=c1c2ccsc2ncn1Cc1nc(-c2cccc(Br)c2)no1. The predicted octanol–water partition coefficient (Wildman–Crippen LogP) is 3.32. The molecule has 0 radical (unpaired) electrons. The second kappa shape index (κ2) is 5.71. The van der Waals surface area contributed by atoms with Crippen molar-refractivity contribution in [3.8, 4) is 11.4 Å². The number of halogens is 1. The molecule has 3 heterocycles. The highest BCUT2D eigenvalue weighted by Crippen LogP contribution is 2.20. The fraction of sp³-hybridized carbons (Fsp3) is 0.0667. The highest BCUT2D eigenvalue weighted by atomic mass is 79.9. The Morgan fingerprint density at radius 1 is 1.30 bits per heavy atom. The van der Waals surface area contributed by atoms with Gasteiger partial charge in [-0.1, -0.05) is 33.2 Å². The van der Waals surface area contributed by atoms with Gasteiger partial charge in [-0.15, -0.1) is 11.3 Å². The standard InChI is InChI=1S/C15H9BrN4O2S/c16-10-3-1-2-9(6-10)13-18-12(22-19-13)7-20-8-17-14-11(15(20)21)4-5-23-14/h1-6,8H,7H2. The van der Waals surface area contributed by atoms with Gasteiger partial charge in [0, 0.05) is 10.0 Å². The third-order valence-electron chi connectivity index (χ3n) is 3.31. The molecule has 3 aromatic heterocycles. The number of benzene rings is 1. The number of rotatable bonds is 3. The zero-order valence-electron chi connectivity index (χ0n) is 11.6. The fourth-order valence-corrected chi connectivity index (χ4v) is 3.34. The smallest absolute Gasteiger partial charge is 0.262 e. The molecule has 0 aliphatic carbocycles. The summed E-state index contributed by atoms with van der Waals surface area (Å²) in [4.78, 5) is 21.7. The summed E-state index contributed by atoms with van der Waals surface area (Å²) in [6.07, 6.45) is 1.50. The van der Waals surface area contributed by atoms with Crippen molar-refractivity contribution >= 4 is 37.5 Å². The van der Waals surface area contributed by atoms with Crippen molar-refractivity contribution in [2.24, 2.45) is 0 Å². The van der Waals surface area contributed by atoms with Gasteiger partial charge in [-0.2, -0.15) is 4.98 Å². The quantitative estimate of drug-likeness (QED) is 0.538. The lowest BCUT2D eigenvalue weighted by Crippen LogP contribution is -2.20. The van der Waals surface area contributed by atoms with Crippen LogP contribution in [0.5, 0.6) is 0 Å². The second-order valence-electron chi connectivity index (χ2n) is 4.84. The van der Waals surface area contributed by atoms with E-state index in [2.05, 4.69) is 31.1 Å². The summed E-state index contributed by atoms with van der Waals surface area (Å²) in [6, 6.07) is 9.39. The maximum Gasteiger partial charge on any atom is 0.262 e. The van der Waals surface area contributed by atoms with Gasteiger partial charge in [0.2, 0.25) is 11.7 Å². The molecule has 0 unspecified atom stereocenters. The van der Waals surface area contributed by atoms with Crippen LogP contribution in [-0.4, -0.2) is 19.7 Å². The third kappa shape index (κ3) is 2.71. The van der Waals surface area contributed by atoms with Crippen molar-refractivity contribution in [2.45, 2.75) is 6.54 Å². The summed E-state index contributed by atoms with van der Waals surface area (Å²) >= 11 is 4.85. The molecule has 6 nitrogen and oxygen atoms in total. The molecule has 0 N–H and O–H groups in total. The van der Waals surface area contributed by atoms with E-state index in [0.29, 0.717) is 17.1 Å². The minimum Gasteiger partial charge on any atom is -0.337 e. The molecule has 0 bridgehead atoms. The van der Waals surface area contributed by atoms with Crippen molar-refractivity contribution in [3.05, 3.63) is 62.8 Å². The van der Waals surface area contributed by atoms with Crippen LogP contribution in [0.4, 0.5) is 0 Å². The maximum absolute atomic E-state index is 12.3. The summed E-state index contributed by atoms with van der Waals surface area (Å²) in [7, 11) is 0. The van der Waals surface area contributed by atoms with Gasteiger partial charge in [-0.05, 0) is 23.6 Å². The first kappa shape index (κ1) is 14.3. The van der Waals surface area contributed by atoms with Crippen molar-refractivity contribution in [2.75, 3.05) is 0 Å². The van der Waals surface area contributed by atoms with Gasteiger partial charge in [0.25, 0.3) is 5.56 Å². The van der Waals surface area contributed by atoms with E-state index >= 15 is 0 Å².